The molecule has 0 aromatic rings. The van der Waals surface area contributed by atoms with Gasteiger partial charge in [-0.05, 0) is 57.8 Å². The van der Waals surface area contributed by atoms with Gasteiger partial charge in [0.2, 0.25) is 5.91 Å². The van der Waals surface area contributed by atoms with Crippen LogP contribution in [0.5, 0.6) is 0 Å². The highest BCUT2D eigenvalue weighted by Crippen LogP contribution is 2.41. The molecular formula is C20H33N3O2. The minimum atomic E-state index is 0.130. The van der Waals surface area contributed by atoms with Crippen LogP contribution in [0.2, 0.25) is 0 Å². The molecular weight excluding hydrogens is 314 g/mol. The summed E-state index contributed by atoms with van der Waals surface area (Å²) in [7, 11) is 0. The summed E-state index contributed by atoms with van der Waals surface area (Å²) >= 11 is 0. The van der Waals surface area contributed by atoms with Crippen molar-refractivity contribution in [1.29, 1.82) is 0 Å². The predicted molar refractivity (Wildman–Crippen MR) is 97.2 cm³/mol. The molecule has 0 spiro atoms. The van der Waals surface area contributed by atoms with Crippen LogP contribution in [-0.4, -0.2) is 64.9 Å². The molecule has 3 aliphatic heterocycles. The van der Waals surface area contributed by atoms with Gasteiger partial charge in [-0.15, -0.1) is 0 Å². The van der Waals surface area contributed by atoms with E-state index in [4.69, 9.17) is 0 Å². The number of carbonyl (C=O) groups excluding carboxylic acids is 2. The van der Waals surface area contributed by atoms with Gasteiger partial charge in [0.15, 0.2) is 0 Å². The van der Waals surface area contributed by atoms with Crippen LogP contribution in [0.25, 0.3) is 0 Å². The zero-order valence-electron chi connectivity index (χ0n) is 15.7. The first-order chi connectivity index (χ1) is 12.1. The summed E-state index contributed by atoms with van der Waals surface area (Å²) < 4.78 is 0. The molecule has 4 aliphatic rings. The molecule has 0 aromatic carbocycles. The molecule has 3 amide bonds. The van der Waals surface area contributed by atoms with Crippen molar-refractivity contribution < 1.29 is 9.59 Å². The maximum absolute atomic E-state index is 13.2. The second kappa shape index (κ2) is 7.16. The summed E-state index contributed by atoms with van der Waals surface area (Å²) in [6.45, 7) is 5.56. The van der Waals surface area contributed by atoms with Gasteiger partial charge in [0.1, 0.15) is 0 Å². The Morgan fingerprint density at radius 1 is 0.800 bits per heavy atom. The number of carbonyl (C=O) groups is 2. The number of likely N-dealkylation sites (tertiary alicyclic amines) is 3. The largest absolute Gasteiger partial charge is 0.336 e. The maximum atomic E-state index is 13.2. The fourth-order valence-electron chi connectivity index (χ4n) is 5.73. The van der Waals surface area contributed by atoms with E-state index in [1.807, 2.05) is 9.80 Å². The molecule has 4 rings (SSSR count). The van der Waals surface area contributed by atoms with E-state index in [-0.39, 0.29) is 11.9 Å². The van der Waals surface area contributed by atoms with E-state index in [0.29, 0.717) is 18.0 Å². The van der Waals surface area contributed by atoms with Crippen molar-refractivity contribution in [2.45, 2.75) is 76.8 Å². The van der Waals surface area contributed by atoms with Gasteiger partial charge in [0, 0.05) is 44.2 Å². The van der Waals surface area contributed by atoms with E-state index >= 15 is 0 Å². The molecule has 140 valence electrons. The third-order valence-corrected chi connectivity index (χ3v) is 7.09. The lowest BCUT2D eigenvalue weighted by Crippen LogP contribution is -2.50. The minimum Gasteiger partial charge on any atom is -0.336 e. The van der Waals surface area contributed by atoms with E-state index < -0.39 is 0 Å². The first-order valence-corrected chi connectivity index (χ1v) is 10.5. The number of rotatable bonds is 1. The fraction of sp³-hybridized carbons (Fsp3) is 0.900. The molecule has 5 nitrogen and oxygen atoms in total. The number of nitrogens with zero attached hydrogens (tertiary/aromatic N) is 3. The smallest absolute Gasteiger partial charge is 0.319 e. The van der Waals surface area contributed by atoms with Crippen molar-refractivity contribution in [3.63, 3.8) is 0 Å². The van der Waals surface area contributed by atoms with E-state index in [1.165, 1.54) is 32.1 Å². The average molecular weight is 348 g/mol. The van der Waals surface area contributed by atoms with E-state index in [9.17, 15) is 9.59 Å². The van der Waals surface area contributed by atoms with Crippen LogP contribution in [0, 0.1) is 11.8 Å². The topological polar surface area (TPSA) is 43.9 Å². The molecule has 25 heavy (non-hydrogen) atoms. The summed E-state index contributed by atoms with van der Waals surface area (Å²) in [6.07, 6.45) is 10.3. The van der Waals surface area contributed by atoms with Crippen LogP contribution in [0.15, 0.2) is 0 Å². The zero-order valence-corrected chi connectivity index (χ0v) is 15.7. The molecule has 3 saturated heterocycles. The van der Waals surface area contributed by atoms with Crippen molar-refractivity contribution in [1.82, 2.24) is 14.7 Å². The van der Waals surface area contributed by atoms with E-state index in [1.54, 1.807) is 0 Å². The van der Waals surface area contributed by atoms with Crippen LogP contribution in [0.1, 0.15) is 64.7 Å². The lowest BCUT2D eigenvalue weighted by atomic mass is 9.84. The Morgan fingerprint density at radius 3 is 2.16 bits per heavy atom. The standard InChI is InChI=1S/C20H33N3O2/c1-15-14-17-6-2-3-7-18(17)23(15)19(24)16-8-12-22(13-9-16)20(25)21-10-4-5-11-21/h15-18H,2-14H2,1H3/t15-,17-,18+/m1/s1. The Bertz CT molecular complexity index is 509. The van der Waals surface area contributed by atoms with Gasteiger partial charge in [0.05, 0.1) is 0 Å². The van der Waals surface area contributed by atoms with Gasteiger partial charge in [-0.1, -0.05) is 12.8 Å². The molecule has 0 bridgehead atoms. The number of hydrogen-bond donors (Lipinski definition) is 0. The Morgan fingerprint density at radius 2 is 1.44 bits per heavy atom. The molecule has 1 saturated carbocycles. The van der Waals surface area contributed by atoms with Crippen LogP contribution in [0.3, 0.4) is 0 Å². The fourth-order valence-corrected chi connectivity index (χ4v) is 5.73. The van der Waals surface area contributed by atoms with Gasteiger partial charge in [-0.25, -0.2) is 4.79 Å². The molecule has 5 heteroatoms. The minimum absolute atomic E-state index is 0.130. The first kappa shape index (κ1) is 17.2. The van der Waals surface area contributed by atoms with Gasteiger partial charge in [0.25, 0.3) is 0 Å². The third-order valence-electron chi connectivity index (χ3n) is 7.09. The number of piperidine rings is 1. The zero-order chi connectivity index (χ0) is 17.4. The quantitative estimate of drug-likeness (QED) is 0.731. The second-order valence-corrected chi connectivity index (χ2v) is 8.68. The van der Waals surface area contributed by atoms with Crippen LogP contribution >= 0.6 is 0 Å². The molecule has 0 aromatic heterocycles. The number of amides is 3. The summed E-state index contributed by atoms with van der Waals surface area (Å²) in [5.41, 5.74) is 0. The lowest BCUT2D eigenvalue weighted by Gasteiger charge is -2.39. The van der Waals surface area contributed by atoms with Crippen molar-refractivity contribution in [2.24, 2.45) is 11.8 Å². The van der Waals surface area contributed by atoms with Crippen molar-refractivity contribution in [2.75, 3.05) is 26.2 Å². The first-order valence-electron chi connectivity index (χ1n) is 10.5. The molecule has 4 fully saturated rings. The molecule has 3 atom stereocenters. The predicted octanol–water partition coefficient (Wildman–Crippen LogP) is 3.09. The monoisotopic (exact) mass is 347 g/mol. The van der Waals surface area contributed by atoms with E-state index in [0.717, 1.165) is 57.8 Å². The Labute approximate surface area is 151 Å². The highest BCUT2D eigenvalue weighted by Gasteiger charge is 2.44. The highest BCUT2D eigenvalue weighted by molar-refractivity contribution is 5.81. The van der Waals surface area contributed by atoms with Gasteiger partial charge in [-0.3, -0.25) is 4.79 Å². The Kier molecular flexibility index (Phi) is 4.92. The van der Waals surface area contributed by atoms with Crippen LogP contribution in [-0.2, 0) is 4.79 Å². The Balaban J connectivity index is 1.34. The van der Waals surface area contributed by atoms with Gasteiger partial charge in [-0.2, -0.15) is 0 Å². The van der Waals surface area contributed by atoms with E-state index in [2.05, 4.69) is 11.8 Å². The van der Waals surface area contributed by atoms with Gasteiger partial charge < -0.3 is 14.7 Å². The lowest BCUT2D eigenvalue weighted by molar-refractivity contribution is -0.140. The molecule has 0 N–H and O–H groups in total. The molecule has 3 heterocycles. The number of hydrogen-bond acceptors (Lipinski definition) is 2. The average Bonchev–Trinajstić information content (AvgIpc) is 3.27. The maximum Gasteiger partial charge on any atom is 0.319 e. The number of fused-ring (bicyclic) bond motifs is 1. The van der Waals surface area contributed by atoms with Crippen molar-refractivity contribution in [3.05, 3.63) is 0 Å². The third kappa shape index (κ3) is 3.26. The van der Waals surface area contributed by atoms with Crippen molar-refractivity contribution >= 4 is 11.9 Å². The highest BCUT2D eigenvalue weighted by atomic mass is 16.2. The molecule has 1 aliphatic carbocycles. The summed E-state index contributed by atoms with van der Waals surface area (Å²) in [5.74, 6) is 1.26. The SMILES string of the molecule is C[C@@H]1C[C@H]2CCCC[C@@H]2N1C(=O)C1CCN(C(=O)N2CCCC2)CC1. The van der Waals surface area contributed by atoms with Crippen molar-refractivity contribution in [3.8, 4) is 0 Å². The number of urea groups is 1. The molecule has 0 radical (unpaired) electrons. The normalized spacial score (nSPS) is 33.6. The van der Waals surface area contributed by atoms with Crippen LogP contribution in [0.4, 0.5) is 4.79 Å². The summed E-state index contributed by atoms with van der Waals surface area (Å²) in [5, 5.41) is 0. The van der Waals surface area contributed by atoms with Gasteiger partial charge >= 0.3 is 6.03 Å². The second-order valence-electron chi connectivity index (χ2n) is 8.68. The van der Waals surface area contributed by atoms with Crippen LogP contribution < -0.4 is 0 Å². The Hall–Kier alpha value is -1.26. The summed E-state index contributed by atoms with van der Waals surface area (Å²) in [6, 6.07) is 1.11. The molecule has 0 unspecified atom stereocenters. The summed E-state index contributed by atoms with van der Waals surface area (Å²) in [4.78, 5) is 32.0.